The molecular weight excluding hydrogens is 212 g/mol. The molecule has 0 atom stereocenters. The topological polar surface area (TPSA) is 42.2 Å². The van der Waals surface area contributed by atoms with Crippen LogP contribution in [0.5, 0.6) is 0 Å². The van der Waals surface area contributed by atoms with E-state index < -0.39 is 0 Å². The molecule has 0 aliphatic carbocycles. The monoisotopic (exact) mass is 230 g/mol. The average Bonchev–Trinajstić information content (AvgIpc) is 2.79. The van der Waals surface area contributed by atoms with Gasteiger partial charge in [-0.1, -0.05) is 13.3 Å². The summed E-state index contributed by atoms with van der Waals surface area (Å²) in [4.78, 5) is 4.48. The fraction of sp³-hybridized carbons (Fsp3) is 0.538. The van der Waals surface area contributed by atoms with Gasteiger partial charge in [0.1, 0.15) is 0 Å². The second kappa shape index (κ2) is 4.45. The molecule has 4 nitrogen and oxygen atoms in total. The van der Waals surface area contributed by atoms with Gasteiger partial charge >= 0.3 is 0 Å². The molecule has 0 radical (unpaired) electrons. The number of hydrogen-bond acceptors (Lipinski definition) is 3. The summed E-state index contributed by atoms with van der Waals surface area (Å²) in [6, 6.07) is 2.12. The van der Waals surface area contributed by atoms with Gasteiger partial charge in [-0.05, 0) is 12.8 Å². The van der Waals surface area contributed by atoms with Crippen LogP contribution in [0.15, 0.2) is 12.3 Å². The molecule has 2 aromatic rings. The molecule has 1 aliphatic rings. The molecule has 0 bridgehead atoms. The third kappa shape index (κ3) is 1.93. The molecule has 0 saturated carbocycles. The lowest BCUT2D eigenvalue weighted by molar-refractivity contribution is 0.607. The summed E-state index contributed by atoms with van der Waals surface area (Å²) in [5.41, 5.74) is 4.79. The van der Waals surface area contributed by atoms with Crippen molar-refractivity contribution in [3.05, 3.63) is 29.2 Å². The summed E-state index contributed by atoms with van der Waals surface area (Å²) in [6.07, 6.45) is 6.51. The number of aryl methyl sites for hydroxylation is 1. The Morgan fingerprint density at radius 1 is 1.47 bits per heavy atom. The molecule has 0 amide bonds. The van der Waals surface area contributed by atoms with Crippen LogP contribution in [0.2, 0.25) is 0 Å². The van der Waals surface area contributed by atoms with Gasteiger partial charge in [-0.2, -0.15) is 5.10 Å². The van der Waals surface area contributed by atoms with Crippen molar-refractivity contribution in [2.45, 2.75) is 39.2 Å². The Morgan fingerprint density at radius 3 is 3.29 bits per heavy atom. The Labute approximate surface area is 101 Å². The highest BCUT2D eigenvalue weighted by Gasteiger charge is 2.14. The van der Waals surface area contributed by atoms with Crippen molar-refractivity contribution in [2.75, 3.05) is 6.54 Å². The smallest absolute Gasteiger partial charge is 0.155 e. The van der Waals surface area contributed by atoms with Gasteiger partial charge in [0, 0.05) is 37.3 Å². The van der Waals surface area contributed by atoms with E-state index in [1.807, 2.05) is 10.7 Å². The highest BCUT2D eigenvalue weighted by Crippen LogP contribution is 2.16. The van der Waals surface area contributed by atoms with E-state index in [1.54, 1.807) is 0 Å². The number of nitrogens with zero attached hydrogens (tertiary/aromatic N) is 3. The van der Waals surface area contributed by atoms with E-state index in [-0.39, 0.29) is 0 Å². The van der Waals surface area contributed by atoms with E-state index >= 15 is 0 Å². The fourth-order valence-electron chi connectivity index (χ4n) is 2.39. The number of rotatable bonds is 3. The summed E-state index contributed by atoms with van der Waals surface area (Å²) in [5, 5.41) is 8.06. The number of fused-ring (bicyclic) bond motifs is 3. The van der Waals surface area contributed by atoms with Gasteiger partial charge in [-0.3, -0.25) is 0 Å². The molecular formula is C13H18N4. The minimum atomic E-state index is 0.919. The largest absolute Gasteiger partial charge is 0.312 e. The van der Waals surface area contributed by atoms with Crippen molar-refractivity contribution >= 4 is 5.65 Å². The second-order valence-electron chi connectivity index (χ2n) is 4.67. The van der Waals surface area contributed by atoms with Crippen LogP contribution in [0.4, 0.5) is 0 Å². The van der Waals surface area contributed by atoms with Gasteiger partial charge in [-0.15, -0.1) is 0 Å². The van der Waals surface area contributed by atoms with Crippen LogP contribution in [-0.2, 0) is 19.4 Å². The van der Waals surface area contributed by atoms with Crippen LogP contribution >= 0.6 is 0 Å². The van der Waals surface area contributed by atoms with E-state index in [4.69, 9.17) is 0 Å². The van der Waals surface area contributed by atoms with Gasteiger partial charge in [0.2, 0.25) is 0 Å². The predicted octanol–water partition coefficient (Wildman–Crippen LogP) is 1.72. The molecule has 1 aliphatic heterocycles. The molecule has 17 heavy (non-hydrogen) atoms. The third-order valence-electron chi connectivity index (χ3n) is 3.36. The van der Waals surface area contributed by atoms with Crippen LogP contribution in [0.1, 0.15) is 36.7 Å². The van der Waals surface area contributed by atoms with Crippen molar-refractivity contribution in [2.24, 2.45) is 0 Å². The lowest BCUT2D eigenvalue weighted by Gasteiger charge is -2.16. The molecule has 2 aromatic heterocycles. The van der Waals surface area contributed by atoms with Crippen molar-refractivity contribution in [3.63, 3.8) is 0 Å². The molecule has 0 saturated heterocycles. The fourth-order valence-corrected chi connectivity index (χ4v) is 2.39. The zero-order valence-electron chi connectivity index (χ0n) is 10.2. The third-order valence-corrected chi connectivity index (χ3v) is 3.36. The summed E-state index contributed by atoms with van der Waals surface area (Å²) >= 11 is 0. The normalized spacial score (nSPS) is 15.1. The zero-order chi connectivity index (χ0) is 11.7. The van der Waals surface area contributed by atoms with E-state index in [1.165, 1.54) is 29.8 Å². The molecule has 1 N–H and O–H groups in total. The zero-order valence-corrected chi connectivity index (χ0v) is 10.2. The van der Waals surface area contributed by atoms with Crippen molar-refractivity contribution in [3.8, 4) is 0 Å². The Balaban J connectivity index is 2.03. The van der Waals surface area contributed by atoms with Gasteiger partial charge < -0.3 is 5.32 Å². The summed E-state index contributed by atoms with van der Waals surface area (Å²) in [5.74, 6) is 0. The van der Waals surface area contributed by atoms with E-state index in [2.05, 4.69) is 28.4 Å². The predicted molar refractivity (Wildman–Crippen MR) is 67.0 cm³/mol. The molecule has 0 fully saturated rings. The van der Waals surface area contributed by atoms with E-state index in [9.17, 15) is 0 Å². The Bertz CT molecular complexity index is 529. The Morgan fingerprint density at radius 2 is 2.41 bits per heavy atom. The molecule has 4 heteroatoms. The standard InChI is InChI=1S/C13H18N4/c1-2-3-4-11-7-13-15-9-10-8-14-6-5-12(10)17(13)16-11/h7,9,14H,2-6,8H2,1H3. The molecule has 0 aromatic carbocycles. The van der Waals surface area contributed by atoms with Gasteiger partial charge in [0.05, 0.1) is 11.4 Å². The maximum Gasteiger partial charge on any atom is 0.155 e. The maximum absolute atomic E-state index is 4.69. The molecule has 3 rings (SSSR count). The summed E-state index contributed by atoms with van der Waals surface area (Å²) in [6.45, 7) is 4.17. The first kappa shape index (κ1) is 10.7. The van der Waals surface area contributed by atoms with Gasteiger partial charge in [-0.25, -0.2) is 9.50 Å². The number of hydrogen-bond donors (Lipinski definition) is 1. The van der Waals surface area contributed by atoms with E-state index in [0.717, 1.165) is 31.6 Å². The first-order valence-corrected chi connectivity index (χ1v) is 6.44. The minimum absolute atomic E-state index is 0.919. The highest BCUT2D eigenvalue weighted by atomic mass is 15.3. The quantitative estimate of drug-likeness (QED) is 0.873. The molecule has 3 heterocycles. The van der Waals surface area contributed by atoms with Crippen LogP contribution < -0.4 is 5.32 Å². The van der Waals surface area contributed by atoms with E-state index in [0.29, 0.717) is 0 Å². The first-order chi connectivity index (χ1) is 8.38. The van der Waals surface area contributed by atoms with Crippen LogP contribution in [0.3, 0.4) is 0 Å². The number of aromatic nitrogens is 3. The number of nitrogens with one attached hydrogen (secondary N) is 1. The van der Waals surface area contributed by atoms with Crippen molar-refractivity contribution < 1.29 is 0 Å². The average molecular weight is 230 g/mol. The summed E-state index contributed by atoms with van der Waals surface area (Å²) < 4.78 is 2.04. The molecule has 0 spiro atoms. The highest BCUT2D eigenvalue weighted by molar-refractivity contribution is 5.42. The first-order valence-electron chi connectivity index (χ1n) is 6.44. The van der Waals surface area contributed by atoms with Gasteiger partial charge in [0.15, 0.2) is 5.65 Å². The lowest BCUT2D eigenvalue weighted by Crippen LogP contribution is -2.26. The van der Waals surface area contributed by atoms with Crippen LogP contribution in [-0.4, -0.2) is 21.1 Å². The molecule has 90 valence electrons. The van der Waals surface area contributed by atoms with Crippen LogP contribution in [0.25, 0.3) is 5.65 Å². The van der Waals surface area contributed by atoms with Gasteiger partial charge in [0.25, 0.3) is 0 Å². The number of unbranched alkanes of at least 4 members (excludes halogenated alkanes) is 1. The minimum Gasteiger partial charge on any atom is -0.312 e. The SMILES string of the molecule is CCCCc1cc2ncc3c(n2n1)CCNC3. The van der Waals surface area contributed by atoms with Crippen molar-refractivity contribution in [1.82, 2.24) is 19.9 Å². The Kier molecular flexibility index (Phi) is 2.81. The molecule has 0 unspecified atom stereocenters. The second-order valence-corrected chi connectivity index (χ2v) is 4.67. The van der Waals surface area contributed by atoms with Crippen LogP contribution in [0, 0.1) is 0 Å². The summed E-state index contributed by atoms with van der Waals surface area (Å²) in [7, 11) is 0. The lowest BCUT2D eigenvalue weighted by atomic mass is 10.1. The Hall–Kier alpha value is -1.42. The van der Waals surface area contributed by atoms with Crippen molar-refractivity contribution in [1.29, 1.82) is 0 Å². The maximum atomic E-state index is 4.69.